The molecule has 0 radical (unpaired) electrons. The molecule has 2 rings (SSSR count). The Morgan fingerprint density at radius 2 is 1.96 bits per heavy atom. The predicted molar refractivity (Wildman–Crippen MR) is 93.0 cm³/mol. The van der Waals surface area contributed by atoms with Crippen LogP contribution in [0.15, 0.2) is 34.7 Å². The first-order chi connectivity index (χ1) is 11.0. The molecule has 0 aliphatic rings. The number of carbonyl (C=O) groups excluding carboxylic acids is 2. The topological polar surface area (TPSA) is 96.0 Å². The Labute approximate surface area is 142 Å². The highest BCUT2D eigenvalue weighted by molar-refractivity contribution is 8.01. The number of nitrogens with one attached hydrogen (secondary N) is 3. The van der Waals surface area contributed by atoms with Crippen LogP contribution in [0.1, 0.15) is 13.8 Å². The molecule has 0 saturated carbocycles. The van der Waals surface area contributed by atoms with Crippen molar-refractivity contribution in [3.8, 4) is 0 Å². The SMILES string of the molecule is CC(C)Nc1nnc(SCC(=O)NC(=O)Nc2ccccc2)s1. The third-order valence-electron chi connectivity index (χ3n) is 2.43. The van der Waals surface area contributed by atoms with E-state index in [2.05, 4.69) is 26.1 Å². The maximum absolute atomic E-state index is 11.7. The van der Waals surface area contributed by atoms with Crippen molar-refractivity contribution in [1.29, 1.82) is 0 Å². The number of amides is 3. The highest BCUT2D eigenvalue weighted by Gasteiger charge is 2.11. The number of rotatable bonds is 6. The lowest BCUT2D eigenvalue weighted by Gasteiger charge is -2.05. The van der Waals surface area contributed by atoms with Crippen molar-refractivity contribution in [2.24, 2.45) is 0 Å². The summed E-state index contributed by atoms with van der Waals surface area (Å²) in [6.07, 6.45) is 0. The summed E-state index contributed by atoms with van der Waals surface area (Å²) in [5.41, 5.74) is 0.624. The molecule has 0 bridgehead atoms. The van der Waals surface area contributed by atoms with Crippen molar-refractivity contribution in [3.05, 3.63) is 30.3 Å². The van der Waals surface area contributed by atoms with Crippen LogP contribution in [0.3, 0.4) is 0 Å². The van der Waals surface area contributed by atoms with Gasteiger partial charge in [-0.05, 0) is 26.0 Å². The van der Waals surface area contributed by atoms with Crippen molar-refractivity contribution >= 4 is 45.9 Å². The van der Waals surface area contributed by atoms with Crippen LogP contribution >= 0.6 is 23.1 Å². The van der Waals surface area contributed by atoms with Gasteiger partial charge >= 0.3 is 6.03 Å². The molecule has 23 heavy (non-hydrogen) atoms. The molecule has 2 aromatic rings. The van der Waals surface area contributed by atoms with Gasteiger partial charge in [-0.25, -0.2) is 4.79 Å². The predicted octanol–water partition coefficient (Wildman–Crippen LogP) is 2.80. The van der Waals surface area contributed by atoms with Crippen molar-refractivity contribution in [3.63, 3.8) is 0 Å². The molecule has 9 heteroatoms. The van der Waals surface area contributed by atoms with Gasteiger partial charge in [0.05, 0.1) is 5.75 Å². The summed E-state index contributed by atoms with van der Waals surface area (Å²) in [5.74, 6) is -0.296. The summed E-state index contributed by atoms with van der Waals surface area (Å²) in [6.45, 7) is 4.01. The Hall–Kier alpha value is -2.13. The van der Waals surface area contributed by atoms with Crippen molar-refractivity contribution in [2.45, 2.75) is 24.2 Å². The van der Waals surface area contributed by atoms with E-state index in [1.165, 1.54) is 23.1 Å². The van der Waals surface area contributed by atoms with Crippen LogP contribution in [0.5, 0.6) is 0 Å². The first-order valence-electron chi connectivity index (χ1n) is 6.91. The summed E-state index contributed by atoms with van der Waals surface area (Å²) in [5, 5.41) is 16.7. The van der Waals surface area contributed by atoms with Crippen molar-refractivity contribution < 1.29 is 9.59 Å². The second-order valence-electron chi connectivity index (χ2n) is 4.83. The minimum absolute atomic E-state index is 0.0958. The Morgan fingerprint density at radius 3 is 2.65 bits per heavy atom. The first-order valence-corrected chi connectivity index (χ1v) is 8.72. The standard InChI is InChI=1S/C14H17N5O2S2/c1-9(2)15-13-18-19-14(23-13)22-8-11(20)17-12(21)16-10-6-4-3-5-7-10/h3-7,9H,8H2,1-2H3,(H,15,18)(H2,16,17,20,21). The van der Waals surface area contributed by atoms with Crippen molar-refractivity contribution in [1.82, 2.24) is 15.5 Å². The van der Waals surface area contributed by atoms with Crippen LogP contribution in [0.25, 0.3) is 0 Å². The minimum atomic E-state index is -0.554. The van der Waals surface area contributed by atoms with Crippen LogP contribution in [0.2, 0.25) is 0 Å². The zero-order valence-corrected chi connectivity index (χ0v) is 14.3. The molecular formula is C14H17N5O2S2. The lowest BCUT2D eigenvalue weighted by Crippen LogP contribution is -2.35. The van der Waals surface area contributed by atoms with Crippen molar-refractivity contribution in [2.75, 3.05) is 16.4 Å². The van der Waals surface area contributed by atoms with E-state index in [1.54, 1.807) is 24.3 Å². The van der Waals surface area contributed by atoms with E-state index in [9.17, 15) is 9.59 Å². The van der Waals surface area contributed by atoms with Gasteiger partial charge < -0.3 is 10.6 Å². The second-order valence-corrected chi connectivity index (χ2v) is 7.03. The van der Waals surface area contributed by atoms with Crippen LogP contribution in [0.4, 0.5) is 15.6 Å². The molecule has 122 valence electrons. The number of anilines is 2. The number of para-hydroxylation sites is 1. The third kappa shape index (κ3) is 6.25. The third-order valence-corrected chi connectivity index (χ3v) is 4.42. The van der Waals surface area contributed by atoms with Gasteiger partial charge in [-0.15, -0.1) is 10.2 Å². The minimum Gasteiger partial charge on any atom is -0.358 e. The van der Waals surface area contributed by atoms with Crippen LogP contribution < -0.4 is 16.0 Å². The van der Waals surface area contributed by atoms with Gasteiger partial charge in [0.25, 0.3) is 0 Å². The number of urea groups is 1. The average Bonchev–Trinajstić information content (AvgIpc) is 2.92. The molecule has 0 aliphatic carbocycles. The molecule has 1 aromatic carbocycles. The van der Waals surface area contributed by atoms with E-state index in [-0.39, 0.29) is 11.8 Å². The average molecular weight is 351 g/mol. The zero-order valence-electron chi connectivity index (χ0n) is 12.7. The van der Waals surface area contributed by atoms with Gasteiger partial charge in [0.1, 0.15) is 0 Å². The normalized spacial score (nSPS) is 10.4. The Morgan fingerprint density at radius 1 is 1.22 bits per heavy atom. The fourth-order valence-electron chi connectivity index (χ4n) is 1.55. The van der Waals surface area contributed by atoms with Crippen LogP contribution in [-0.2, 0) is 4.79 Å². The molecule has 0 atom stereocenters. The summed E-state index contributed by atoms with van der Waals surface area (Å²) in [4.78, 5) is 23.4. The number of hydrogen-bond donors (Lipinski definition) is 3. The first kappa shape index (κ1) is 17.2. The zero-order chi connectivity index (χ0) is 16.7. The molecule has 1 heterocycles. The summed E-state index contributed by atoms with van der Waals surface area (Å²) in [6, 6.07) is 8.63. The van der Waals surface area contributed by atoms with E-state index in [1.807, 2.05) is 19.9 Å². The van der Waals surface area contributed by atoms with Gasteiger partial charge in [-0.1, -0.05) is 41.3 Å². The number of hydrogen-bond acceptors (Lipinski definition) is 7. The van der Waals surface area contributed by atoms with Crippen LogP contribution in [0, 0.1) is 0 Å². The molecule has 0 aliphatic heterocycles. The smallest absolute Gasteiger partial charge is 0.325 e. The Kier molecular flexibility index (Phi) is 6.36. The van der Waals surface area contributed by atoms with E-state index < -0.39 is 11.9 Å². The van der Waals surface area contributed by atoms with E-state index in [4.69, 9.17) is 0 Å². The van der Waals surface area contributed by atoms with E-state index in [0.29, 0.717) is 15.2 Å². The molecule has 3 N–H and O–H groups in total. The fourth-order valence-corrected chi connectivity index (χ4v) is 3.25. The molecule has 3 amide bonds. The lowest BCUT2D eigenvalue weighted by atomic mass is 10.3. The monoisotopic (exact) mass is 351 g/mol. The maximum atomic E-state index is 11.7. The quantitative estimate of drug-likeness (QED) is 0.693. The summed E-state index contributed by atoms with van der Waals surface area (Å²) >= 11 is 2.61. The maximum Gasteiger partial charge on any atom is 0.325 e. The highest BCUT2D eigenvalue weighted by Crippen LogP contribution is 2.25. The number of carbonyl (C=O) groups is 2. The number of imide groups is 1. The summed E-state index contributed by atoms with van der Waals surface area (Å²) < 4.78 is 0.673. The van der Waals surface area contributed by atoms with Gasteiger partial charge in [-0.3, -0.25) is 10.1 Å². The Balaban J connectivity index is 1.74. The molecule has 7 nitrogen and oxygen atoms in total. The van der Waals surface area contributed by atoms with E-state index in [0.717, 1.165) is 0 Å². The lowest BCUT2D eigenvalue weighted by molar-refractivity contribution is -0.117. The second kappa shape index (κ2) is 8.49. The van der Waals surface area contributed by atoms with Gasteiger partial charge in [0.15, 0.2) is 4.34 Å². The van der Waals surface area contributed by atoms with Crippen LogP contribution in [-0.4, -0.2) is 33.9 Å². The van der Waals surface area contributed by atoms with Gasteiger partial charge in [-0.2, -0.15) is 0 Å². The molecule has 0 unspecified atom stereocenters. The fraction of sp³-hybridized carbons (Fsp3) is 0.286. The van der Waals surface area contributed by atoms with E-state index >= 15 is 0 Å². The largest absolute Gasteiger partial charge is 0.358 e. The number of aromatic nitrogens is 2. The molecule has 0 spiro atoms. The number of nitrogens with zero attached hydrogens (tertiary/aromatic N) is 2. The molecule has 1 aromatic heterocycles. The van der Waals surface area contributed by atoms with Gasteiger partial charge in [0, 0.05) is 11.7 Å². The molecule has 0 fully saturated rings. The molecular weight excluding hydrogens is 334 g/mol. The summed E-state index contributed by atoms with van der Waals surface area (Å²) in [7, 11) is 0. The Bertz CT molecular complexity index is 660. The van der Waals surface area contributed by atoms with Gasteiger partial charge in [0.2, 0.25) is 11.0 Å². The number of benzene rings is 1. The highest BCUT2D eigenvalue weighted by atomic mass is 32.2. The number of thioether (sulfide) groups is 1. The molecule has 0 saturated heterocycles.